The lowest BCUT2D eigenvalue weighted by Gasteiger charge is -2.17. The van der Waals surface area contributed by atoms with E-state index in [1.807, 2.05) is 71.0 Å². The van der Waals surface area contributed by atoms with Crippen LogP contribution in [0.25, 0.3) is 17.3 Å². The minimum Gasteiger partial charge on any atom is -0.461 e. The smallest absolute Gasteiger partial charge is 0.237 e. The number of carbonyl (C=O) groups is 1. The second kappa shape index (κ2) is 7.84. The third-order valence-corrected chi connectivity index (χ3v) is 6.09. The van der Waals surface area contributed by atoms with E-state index in [0.29, 0.717) is 16.7 Å². The number of carbonyl (C=O) groups excluding carboxylic acids is 1. The van der Waals surface area contributed by atoms with Crippen LogP contribution in [-0.4, -0.2) is 33.0 Å². The molecule has 3 heterocycles. The molecular formula is C23H20N4O2S. The maximum absolute atomic E-state index is 12.9. The lowest BCUT2D eigenvalue weighted by Crippen LogP contribution is -2.30. The zero-order valence-electron chi connectivity index (χ0n) is 16.5. The first-order valence-electron chi connectivity index (χ1n) is 9.78. The van der Waals surface area contributed by atoms with Crippen molar-refractivity contribution < 1.29 is 9.21 Å². The quantitative estimate of drug-likeness (QED) is 0.448. The van der Waals surface area contributed by atoms with Crippen molar-refractivity contribution >= 4 is 23.4 Å². The Morgan fingerprint density at radius 3 is 2.70 bits per heavy atom. The Labute approximate surface area is 178 Å². The molecule has 1 aliphatic rings. The molecule has 7 heteroatoms. The number of nitrogens with zero attached hydrogens (tertiary/aromatic N) is 4. The van der Waals surface area contributed by atoms with Gasteiger partial charge in [-0.15, -0.1) is 10.2 Å². The third kappa shape index (κ3) is 3.41. The molecule has 0 unspecified atom stereocenters. The monoisotopic (exact) mass is 416 g/mol. The summed E-state index contributed by atoms with van der Waals surface area (Å²) in [5, 5.41) is 9.36. The van der Waals surface area contributed by atoms with Gasteiger partial charge < -0.3 is 9.32 Å². The molecular weight excluding hydrogens is 396 g/mol. The first-order valence-corrected chi connectivity index (χ1v) is 10.8. The van der Waals surface area contributed by atoms with Gasteiger partial charge in [-0.3, -0.25) is 9.36 Å². The molecule has 1 amide bonds. The summed E-state index contributed by atoms with van der Waals surface area (Å²) in [4.78, 5) is 14.8. The number of hydrogen-bond acceptors (Lipinski definition) is 5. The number of fused-ring (bicyclic) bond motifs is 1. The molecule has 0 atom stereocenters. The van der Waals surface area contributed by atoms with Gasteiger partial charge in [0.1, 0.15) is 0 Å². The van der Waals surface area contributed by atoms with Crippen LogP contribution in [0.1, 0.15) is 11.1 Å². The molecule has 0 saturated heterocycles. The molecule has 0 spiro atoms. The Bertz CT molecular complexity index is 1180. The van der Waals surface area contributed by atoms with Crippen molar-refractivity contribution in [3.8, 4) is 17.3 Å². The van der Waals surface area contributed by atoms with Crippen LogP contribution < -0.4 is 4.90 Å². The molecule has 6 nitrogen and oxygen atoms in total. The average Bonchev–Trinajstić information content (AvgIpc) is 3.51. The topological polar surface area (TPSA) is 64.2 Å². The van der Waals surface area contributed by atoms with Gasteiger partial charge in [0.25, 0.3) is 0 Å². The highest BCUT2D eigenvalue weighted by Crippen LogP contribution is 2.31. The number of aryl methyl sites for hydroxylation is 1. The fraction of sp³-hybridized carbons (Fsp3) is 0.174. The number of amides is 1. The van der Waals surface area contributed by atoms with Crippen molar-refractivity contribution in [3.63, 3.8) is 0 Å². The van der Waals surface area contributed by atoms with Crippen LogP contribution >= 0.6 is 11.8 Å². The number of para-hydroxylation sites is 1. The molecule has 0 bridgehead atoms. The fourth-order valence-corrected chi connectivity index (χ4v) is 4.48. The average molecular weight is 417 g/mol. The van der Waals surface area contributed by atoms with Gasteiger partial charge in [0.05, 0.1) is 12.0 Å². The Morgan fingerprint density at radius 1 is 1.07 bits per heavy atom. The normalized spacial score (nSPS) is 12.9. The summed E-state index contributed by atoms with van der Waals surface area (Å²) in [5.74, 6) is 1.61. The van der Waals surface area contributed by atoms with Crippen molar-refractivity contribution in [1.29, 1.82) is 0 Å². The molecule has 2 aromatic heterocycles. The third-order valence-electron chi connectivity index (χ3n) is 5.18. The van der Waals surface area contributed by atoms with Gasteiger partial charge in [-0.1, -0.05) is 47.7 Å². The standard InChI is InChI=1S/C23H20N4O2S/c1-16-8-10-18(11-9-16)27-22(20-7-4-14-29-20)24-25-23(27)30-15-21(28)26-13-12-17-5-2-3-6-19(17)26/h2-11,14H,12-13,15H2,1H3. The number of anilines is 1. The minimum atomic E-state index is 0.0722. The Balaban J connectivity index is 1.42. The summed E-state index contributed by atoms with van der Waals surface area (Å²) >= 11 is 1.39. The minimum absolute atomic E-state index is 0.0722. The molecule has 2 aromatic carbocycles. The number of furan rings is 1. The molecule has 0 N–H and O–H groups in total. The predicted molar refractivity (Wildman–Crippen MR) is 117 cm³/mol. The van der Waals surface area contributed by atoms with Crippen LogP contribution in [-0.2, 0) is 11.2 Å². The maximum atomic E-state index is 12.9. The van der Waals surface area contributed by atoms with Gasteiger partial charge >= 0.3 is 0 Å². The lowest BCUT2D eigenvalue weighted by molar-refractivity contribution is -0.116. The molecule has 4 aromatic rings. The van der Waals surface area contributed by atoms with E-state index in [-0.39, 0.29) is 11.7 Å². The van der Waals surface area contributed by atoms with Crippen molar-refractivity contribution in [2.45, 2.75) is 18.5 Å². The van der Waals surface area contributed by atoms with E-state index < -0.39 is 0 Å². The van der Waals surface area contributed by atoms with E-state index in [4.69, 9.17) is 4.42 Å². The van der Waals surface area contributed by atoms with Crippen LogP contribution in [0.4, 0.5) is 5.69 Å². The zero-order valence-corrected chi connectivity index (χ0v) is 17.3. The van der Waals surface area contributed by atoms with Gasteiger partial charge in [-0.2, -0.15) is 0 Å². The van der Waals surface area contributed by atoms with Gasteiger partial charge in [0.15, 0.2) is 10.9 Å². The summed E-state index contributed by atoms with van der Waals surface area (Å²) in [7, 11) is 0. The van der Waals surface area contributed by atoms with E-state index in [9.17, 15) is 4.79 Å². The van der Waals surface area contributed by atoms with E-state index in [1.165, 1.54) is 22.9 Å². The molecule has 0 aliphatic carbocycles. The molecule has 150 valence electrons. The second-order valence-corrected chi connectivity index (χ2v) is 8.11. The van der Waals surface area contributed by atoms with Crippen molar-refractivity contribution in [3.05, 3.63) is 78.1 Å². The Morgan fingerprint density at radius 2 is 1.90 bits per heavy atom. The molecule has 0 radical (unpaired) electrons. The van der Waals surface area contributed by atoms with Crippen LogP contribution in [0.15, 0.2) is 76.5 Å². The summed E-state index contributed by atoms with van der Waals surface area (Å²) < 4.78 is 7.50. The molecule has 0 fully saturated rings. The number of aromatic nitrogens is 3. The van der Waals surface area contributed by atoms with E-state index >= 15 is 0 Å². The van der Waals surface area contributed by atoms with E-state index in [0.717, 1.165) is 24.3 Å². The highest BCUT2D eigenvalue weighted by atomic mass is 32.2. The summed E-state index contributed by atoms with van der Waals surface area (Å²) in [6, 6.07) is 19.9. The first kappa shape index (κ1) is 18.7. The molecule has 5 rings (SSSR count). The number of thioether (sulfide) groups is 1. The van der Waals surface area contributed by atoms with Crippen LogP contribution in [0.2, 0.25) is 0 Å². The number of rotatable bonds is 5. The van der Waals surface area contributed by atoms with Gasteiger partial charge in [0.2, 0.25) is 11.7 Å². The van der Waals surface area contributed by atoms with Crippen LogP contribution in [0, 0.1) is 6.92 Å². The fourth-order valence-electron chi connectivity index (χ4n) is 3.66. The summed E-state index contributed by atoms with van der Waals surface area (Å²) in [5.41, 5.74) is 4.33. The zero-order chi connectivity index (χ0) is 20.5. The maximum Gasteiger partial charge on any atom is 0.237 e. The Kier molecular flexibility index (Phi) is 4.88. The predicted octanol–water partition coefficient (Wildman–Crippen LogP) is 4.52. The Hall–Kier alpha value is -3.32. The number of hydrogen-bond donors (Lipinski definition) is 0. The summed E-state index contributed by atoms with van der Waals surface area (Å²) in [6.45, 7) is 2.77. The lowest BCUT2D eigenvalue weighted by atomic mass is 10.2. The van der Waals surface area contributed by atoms with Gasteiger partial charge in [-0.05, 0) is 49.2 Å². The highest BCUT2D eigenvalue weighted by Gasteiger charge is 2.25. The van der Waals surface area contributed by atoms with E-state index in [2.05, 4.69) is 16.3 Å². The van der Waals surface area contributed by atoms with Crippen LogP contribution in [0.3, 0.4) is 0 Å². The van der Waals surface area contributed by atoms with Crippen molar-refractivity contribution in [2.24, 2.45) is 0 Å². The van der Waals surface area contributed by atoms with Crippen molar-refractivity contribution in [1.82, 2.24) is 14.8 Å². The van der Waals surface area contributed by atoms with Gasteiger partial charge in [0, 0.05) is 17.9 Å². The molecule has 0 saturated carbocycles. The molecule has 1 aliphatic heterocycles. The largest absolute Gasteiger partial charge is 0.461 e. The summed E-state index contributed by atoms with van der Waals surface area (Å²) in [6.07, 6.45) is 2.51. The SMILES string of the molecule is Cc1ccc(-n2c(SCC(=O)N3CCc4ccccc43)nnc2-c2ccco2)cc1. The highest BCUT2D eigenvalue weighted by molar-refractivity contribution is 7.99. The second-order valence-electron chi connectivity index (χ2n) is 7.17. The number of benzene rings is 2. The van der Waals surface area contributed by atoms with Crippen molar-refractivity contribution in [2.75, 3.05) is 17.2 Å². The molecule has 30 heavy (non-hydrogen) atoms. The van der Waals surface area contributed by atoms with Gasteiger partial charge in [-0.25, -0.2) is 0 Å². The van der Waals surface area contributed by atoms with E-state index in [1.54, 1.807) is 6.26 Å². The first-order chi connectivity index (χ1) is 14.7. The van der Waals surface area contributed by atoms with Crippen LogP contribution in [0.5, 0.6) is 0 Å².